The Kier molecular flexibility index (Phi) is 4.09. The number of carbonyl (C=O) groups excluding carboxylic acids is 1. The summed E-state index contributed by atoms with van der Waals surface area (Å²) in [5, 5.41) is 0.734. The van der Waals surface area contributed by atoms with Crippen molar-refractivity contribution in [1.82, 2.24) is 14.3 Å². The number of imidazole rings is 1. The molecule has 0 saturated carbocycles. The number of nitrogens with zero attached hydrogens (tertiary/aromatic N) is 4. The minimum Gasteiger partial charge on any atom is -0.368 e. The third-order valence-corrected chi connectivity index (χ3v) is 4.88. The third kappa shape index (κ3) is 2.96. The predicted molar refractivity (Wildman–Crippen MR) is 99.5 cm³/mol. The van der Waals surface area contributed by atoms with Gasteiger partial charge in [-0.3, -0.25) is 9.20 Å². The molecule has 4 rings (SSSR count). The van der Waals surface area contributed by atoms with Crippen molar-refractivity contribution >= 4 is 28.8 Å². The number of aromatic nitrogens is 2. The number of hydrogen-bond donors (Lipinski definition) is 0. The van der Waals surface area contributed by atoms with Crippen LogP contribution in [0.25, 0.3) is 5.65 Å². The lowest BCUT2D eigenvalue weighted by atomic mass is 10.2. The molecule has 1 amide bonds. The van der Waals surface area contributed by atoms with Gasteiger partial charge in [0.2, 0.25) is 0 Å². The average molecular weight is 355 g/mol. The summed E-state index contributed by atoms with van der Waals surface area (Å²) in [6.07, 6.45) is 1.89. The SMILES string of the molecule is Cc1nc2ccccn2c1C(=O)N1CCN(c2cccc(Cl)c2)CC1. The van der Waals surface area contributed by atoms with Crippen molar-refractivity contribution in [3.63, 3.8) is 0 Å². The summed E-state index contributed by atoms with van der Waals surface area (Å²) in [6.45, 7) is 4.85. The van der Waals surface area contributed by atoms with E-state index >= 15 is 0 Å². The summed E-state index contributed by atoms with van der Waals surface area (Å²) < 4.78 is 1.88. The molecule has 0 atom stereocenters. The van der Waals surface area contributed by atoms with Gasteiger partial charge in [-0.1, -0.05) is 23.7 Å². The van der Waals surface area contributed by atoms with E-state index in [0.29, 0.717) is 18.8 Å². The highest BCUT2D eigenvalue weighted by Gasteiger charge is 2.26. The number of benzene rings is 1. The zero-order chi connectivity index (χ0) is 17.4. The molecule has 1 fully saturated rings. The van der Waals surface area contributed by atoms with Crippen LogP contribution in [0.3, 0.4) is 0 Å². The first-order valence-corrected chi connectivity index (χ1v) is 8.75. The predicted octanol–water partition coefficient (Wildman–Crippen LogP) is 3.26. The van der Waals surface area contributed by atoms with Crippen molar-refractivity contribution in [3.8, 4) is 0 Å². The lowest BCUT2D eigenvalue weighted by molar-refractivity contribution is 0.0739. The number of fused-ring (bicyclic) bond motifs is 1. The molecule has 5 nitrogen and oxygen atoms in total. The van der Waals surface area contributed by atoms with E-state index in [1.165, 1.54) is 0 Å². The molecule has 0 spiro atoms. The number of amides is 1. The number of piperazine rings is 1. The van der Waals surface area contributed by atoms with E-state index in [2.05, 4.69) is 16.0 Å². The second-order valence-corrected chi connectivity index (χ2v) is 6.67. The summed E-state index contributed by atoms with van der Waals surface area (Å²) in [5.41, 5.74) is 3.34. The van der Waals surface area contributed by atoms with Crippen LogP contribution in [-0.4, -0.2) is 46.4 Å². The van der Waals surface area contributed by atoms with Crippen LogP contribution in [0.1, 0.15) is 16.2 Å². The molecule has 25 heavy (non-hydrogen) atoms. The van der Waals surface area contributed by atoms with Crippen LogP contribution < -0.4 is 4.90 Å². The van der Waals surface area contributed by atoms with Crippen LogP contribution in [0.5, 0.6) is 0 Å². The van der Waals surface area contributed by atoms with Crippen LogP contribution in [-0.2, 0) is 0 Å². The van der Waals surface area contributed by atoms with E-state index in [9.17, 15) is 4.79 Å². The lowest BCUT2D eigenvalue weighted by Crippen LogP contribution is -2.49. The molecular formula is C19H19ClN4O. The first-order valence-electron chi connectivity index (χ1n) is 8.37. The number of rotatable bonds is 2. The Morgan fingerprint density at radius 3 is 2.64 bits per heavy atom. The Labute approximate surface area is 151 Å². The Morgan fingerprint density at radius 2 is 1.88 bits per heavy atom. The van der Waals surface area contributed by atoms with E-state index in [1.54, 1.807) is 0 Å². The van der Waals surface area contributed by atoms with Gasteiger partial charge in [-0.05, 0) is 37.3 Å². The van der Waals surface area contributed by atoms with E-state index < -0.39 is 0 Å². The summed E-state index contributed by atoms with van der Waals surface area (Å²) in [4.78, 5) is 21.7. The second-order valence-electron chi connectivity index (χ2n) is 6.23. The maximum Gasteiger partial charge on any atom is 0.272 e. The first kappa shape index (κ1) is 16.0. The molecule has 1 aromatic carbocycles. The smallest absolute Gasteiger partial charge is 0.272 e. The van der Waals surface area contributed by atoms with Gasteiger partial charge >= 0.3 is 0 Å². The topological polar surface area (TPSA) is 40.9 Å². The van der Waals surface area contributed by atoms with Crippen molar-refractivity contribution in [2.45, 2.75) is 6.92 Å². The first-order chi connectivity index (χ1) is 12.1. The van der Waals surface area contributed by atoms with Gasteiger partial charge < -0.3 is 9.80 Å². The van der Waals surface area contributed by atoms with Crippen LogP contribution in [0.4, 0.5) is 5.69 Å². The van der Waals surface area contributed by atoms with E-state index in [4.69, 9.17) is 11.6 Å². The molecule has 1 saturated heterocycles. The molecule has 0 bridgehead atoms. The molecule has 0 unspecified atom stereocenters. The molecular weight excluding hydrogens is 336 g/mol. The van der Waals surface area contributed by atoms with E-state index in [0.717, 1.165) is 35.1 Å². The van der Waals surface area contributed by atoms with Gasteiger partial charge in [-0.25, -0.2) is 4.98 Å². The van der Waals surface area contributed by atoms with Crippen molar-refractivity contribution in [2.75, 3.05) is 31.1 Å². The molecule has 3 heterocycles. The highest BCUT2D eigenvalue weighted by Crippen LogP contribution is 2.22. The Morgan fingerprint density at radius 1 is 1.08 bits per heavy atom. The number of carbonyl (C=O) groups is 1. The highest BCUT2D eigenvalue weighted by molar-refractivity contribution is 6.30. The maximum atomic E-state index is 13.0. The summed E-state index contributed by atoms with van der Waals surface area (Å²) in [5.74, 6) is 0.0435. The van der Waals surface area contributed by atoms with Crippen molar-refractivity contribution < 1.29 is 4.79 Å². The summed E-state index contributed by atoms with van der Waals surface area (Å²) >= 11 is 6.08. The molecule has 1 aliphatic rings. The zero-order valence-corrected chi connectivity index (χ0v) is 14.8. The molecule has 0 N–H and O–H groups in total. The average Bonchev–Trinajstić information content (AvgIpc) is 2.97. The fourth-order valence-corrected chi connectivity index (χ4v) is 3.55. The number of pyridine rings is 1. The van der Waals surface area contributed by atoms with Crippen molar-refractivity contribution in [1.29, 1.82) is 0 Å². The lowest BCUT2D eigenvalue weighted by Gasteiger charge is -2.36. The van der Waals surface area contributed by atoms with Crippen LogP contribution in [0, 0.1) is 6.92 Å². The van der Waals surface area contributed by atoms with Gasteiger partial charge in [0.15, 0.2) is 0 Å². The number of anilines is 1. The quantitative estimate of drug-likeness (QED) is 0.709. The van der Waals surface area contributed by atoms with Gasteiger partial charge in [-0.2, -0.15) is 0 Å². The zero-order valence-electron chi connectivity index (χ0n) is 14.0. The fraction of sp³-hybridized carbons (Fsp3) is 0.263. The summed E-state index contributed by atoms with van der Waals surface area (Å²) in [7, 11) is 0. The van der Waals surface area contributed by atoms with Gasteiger partial charge in [0.1, 0.15) is 11.3 Å². The Hall–Kier alpha value is -2.53. The van der Waals surface area contributed by atoms with Gasteiger partial charge in [-0.15, -0.1) is 0 Å². The van der Waals surface area contributed by atoms with Crippen LogP contribution in [0.15, 0.2) is 48.7 Å². The molecule has 6 heteroatoms. The monoisotopic (exact) mass is 354 g/mol. The van der Waals surface area contributed by atoms with Gasteiger partial charge in [0, 0.05) is 43.1 Å². The normalized spacial score (nSPS) is 15.0. The van der Waals surface area contributed by atoms with Gasteiger partial charge in [0.25, 0.3) is 5.91 Å². The van der Waals surface area contributed by atoms with Crippen molar-refractivity contribution in [3.05, 3.63) is 65.1 Å². The molecule has 128 valence electrons. The van der Waals surface area contributed by atoms with E-state index in [1.807, 2.05) is 58.8 Å². The number of aryl methyl sites for hydroxylation is 1. The molecule has 0 aliphatic carbocycles. The van der Waals surface area contributed by atoms with Crippen LogP contribution in [0.2, 0.25) is 5.02 Å². The van der Waals surface area contributed by atoms with Crippen LogP contribution >= 0.6 is 11.6 Å². The fourth-order valence-electron chi connectivity index (χ4n) is 3.36. The molecule has 0 radical (unpaired) electrons. The number of halogens is 1. The number of hydrogen-bond acceptors (Lipinski definition) is 3. The second kappa shape index (κ2) is 6.41. The molecule has 2 aromatic heterocycles. The largest absolute Gasteiger partial charge is 0.368 e. The summed E-state index contributed by atoms with van der Waals surface area (Å²) in [6, 6.07) is 13.6. The standard InChI is InChI=1S/C19H19ClN4O/c1-14-18(24-8-3-2-7-17(24)21-14)19(25)23-11-9-22(10-12-23)16-6-4-5-15(20)13-16/h2-8,13H,9-12H2,1H3. The Bertz CT molecular complexity index is 928. The maximum absolute atomic E-state index is 13.0. The Balaban J connectivity index is 1.52. The van der Waals surface area contributed by atoms with Gasteiger partial charge in [0.05, 0.1) is 5.69 Å². The van der Waals surface area contributed by atoms with Crippen molar-refractivity contribution in [2.24, 2.45) is 0 Å². The molecule has 1 aliphatic heterocycles. The van der Waals surface area contributed by atoms with E-state index in [-0.39, 0.29) is 5.91 Å². The minimum absolute atomic E-state index is 0.0435. The third-order valence-electron chi connectivity index (χ3n) is 4.65. The minimum atomic E-state index is 0.0435. The highest BCUT2D eigenvalue weighted by atomic mass is 35.5. The molecule has 3 aromatic rings.